The minimum Gasteiger partial charge on any atom is -0.497 e. The van der Waals surface area contributed by atoms with Crippen LogP contribution in [-0.4, -0.2) is 31.3 Å². The van der Waals surface area contributed by atoms with Crippen LogP contribution in [0.5, 0.6) is 5.75 Å². The second kappa shape index (κ2) is 5.97. The number of ether oxygens (including phenoxy) is 1. The van der Waals surface area contributed by atoms with Gasteiger partial charge in [0.15, 0.2) is 0 Å². The summed E-state index contributed by atoms with van der Waals surface area (Å²) in [5, 5.41) is 16.2. The van der Waals surface area contributed by atoms with Crippen molar-refractivity contribution in [2.45, 2.75) is 19.0 Å². The third kappa shape index (κ3) is 2.49. The van der Waals surface area contributed by atoms with Gasteiger partial charge in [0.1, 0.15) is 11.9 Å². The number of anilines is 3. The standard InChI is InChI=1S/C19H21N3O3/c1-11-14-9-15-16(10-17(14)22(7-8-23)19(11)24)21-18(20-15)12-3-5-13(25-2)6-4-12/h3-6,9-11,18,20-21,23H,7-8H2,1-2H3. The van der Waals surface area contributed by atoms with E-state index >= 15 is 0 Å². The quantitative estimate of drug-likeness (QED) is 0.799. The molecule has 3 N–H and O–H groups in total. The summed E-state index contributed by atoms with van der Waals surface area (Å²) < 4.78 is 5.21. The molecule has 2 aliphatic heterocycles. The van der Waals surface area contributed by atoms with Crippen molar-refractivity contribution in [3.05, 3.63) is 47.5 Å². The van der Waals surface area contributed by atoms with Crippen molar-refractivity contribution in [3.8, 4) is 5.75 Å². The molecule has 2 heterocycles. The van der Waals surface area contributed by atoms with E-state index in [9.17, 15) is 9.90 Å². The summed E-state index contributed by atoms with van der Waals surface area (Å²) in [6.45, 7) is 2.19. The highest BCUT2D eigenvalue weighted by atomic mass is 16.5. The molecule has 0 aliphatic carbocycles. The molecule has 2 aromatic rings. The number of aliphatic hydroxyl groups is 1. The lowest BCUT2D eigenvalue weighted by Crippen LogP contribution is -2.30. The Kier molecular flexibility index (Phi) is 3.77. The van der Waals surface area contributed by atoms with Gasteiger partial charge in [0.25, 0.3) is 0 Å². The van der Waals surface area contributed by atoms with E-state index in [0.29, 0.717) is 6.54 Å². The molecule has 2 atom stereocenters. The van der Waals surface area contributed by atoms with Gasteiger partial charge >= 0.3 is 0 Å². The van der Waals surface area contributed by atoms with Crippen molar-refractivity contribution in [1.29, 1.82) is 0 Å². The summed E-state index contributed by atoms with van der Waals surface area (Å²) in [6, 6.07) is 12.0. The molecule has 6 heteroatoms. The Bertz CT molecular complexity index is 819. The Morgan fingerprint density at radius 2 is 1.84 bits per heavy atom. The fourth-order valence-corrected chi connectivity index (χ4v) is 3.55. The van der Waals surface area contributed by atoms with Gasteiger partial charge < -0.3 is 25.4 Å². The maximum absolute atomic E-state index is 12.4. The van der Waals surface area contributed by atoms with E-state index in [1.807, 2.05) is 43.3 Å². The lowest BCUT2D eigenvalue weighted by molar-refractivity contribution is -0.119. The van der Waals surface area contributed by atoms with E-state index in [0.717, 1.165) is 33.9 Å². The predicted octanol–water partition coefficient (Wildman–Crippen LogP) is 2.67. The van der Waals surface area contributed by atoms with Crippen LogP contribution in [0.2, 0.25) is 0 Å². The third-order valence-electron chi connectivity index (χ3n) is 4.93. The summed E-state index contributed by atoms with van der Waals surface area (Å²) in [4.78, 5) is 14.1. The van der Waals surface area contributed by atoms with Gasteiger partial charge in [-0.1, -0.05) is 12.1 Å². The largest absolute Gasteiger partial charge is 0.497 e. The number of fused-ring (bicyclic) bond motifs is 2. The van der Waals surface area contributed by atoms with E-state index in [4.69, 9.17) is 4.74 Å². The predicted molar refractivity (Wildman–Crippen MR) is 97.3 cm³/mol. The molecule has 0 saturated carbocycles. The molecular weight excluding hydrogens is 318 g/mol. The first-order valence-electron chi connectivity index (χ1n) is 8.39. The minimum atomic E-state index is -0.186. The molecular formula is C19H21N3O3. The molecule has 4 rings (SSSR count). The van der Waals surface area contributed by atoms with E-state index in [2.05, 4.69) is 10.6 Å². The summed E-state index contributed by atoms with van der Waals surface area (Å²) >= 11 is 0. The van der Waals surface area contributed by atoms with Crippen LogP contribution in [0, 0.1) is 0 Å². The maximum Gasteiger partial charge on any atom is 0.234 e. The van der Waals surface area contributed by atoms with Crippen LogP contribution in [0.15, 0.2) is 36.4 Å². The van der Waals surface area contributed by atoms with E-state index in [1.165, 1.54) is 0 Å². The second-order valence-corrected chi connectivity index (χ2v) is 6.39. The summed E-state index contributed by atoms with van der Waals surface area (Å²) in [5.74, 6) is 0.679. The number of nitrogens with zero attached hydrogens (tertiary/aromatic N) is 1. The number of carbonyl (C=O) groups is 1. The second-order valence-electron chi connectivity index (χ2n) is 6.39. The fourth-order valence-electron chi connectivity index (χ4n) is 3.55. The maximum atomic E-state index is 12.4. The molecule has 0 bridgehead atoms. The number of carbonyl (C=O) groups excluding carboxylic acids is 1. The van der Waals surface area contributed by atoms with Crippen molar-refractivity contribution in [2.75, 3.05) is 35.8 Å². The van der Waals surface area contributed by atoms with Gasteiger partial charge in [0.05, 0.1) is 31.0 Å². The number of rotatable bonds is 4. The minimum absolute atomic E-state index is 0.0271. The molecule has 130 valence electrons. The number of nitrogens with one attached hydrogen (secondary N) is 2. The Hall–Kier alpha value is -2.73. The van der Waals surface area contributed by atoms with Crippen LogP contribution in [0.3, 0.4) is 0 Å². The highest BCUT2D eigenvalue weighted by molar-refractivity contribution is 6.06. The summed E-state index contributed by atoms with van der Waals surface area (Å²) in [5.41, 5.74) is 4.94. The van der Waals surface area contributed by atoms with Crippen LogP contribution in [-0.2, 0) is 4.79 Å². The summed E-state index contributed by atoms with van der Waals surface area (Å²) in [7, 11) is 1.65. The van der Waals surface area contributed by atoms with Crippen LogP contribution >= 0.6 is 0 Å². The lowest BCUT2D eigenvalue weighted by Gasteiger charge is -2.16. The molecule has 0 fully saturated rings. The van der Waals surface area contributed by atoms with E-state index < -0.39 is 0 Å². The van der Waals surface area contributed by atoms with Crippen molar-refractivity contribution in [3.63, 3.8) is 0 Å². The number of hydrogen-bond donors (Lipinski definition) is 3. The van der Waals surface area contributed by atoms with Gasteiger partial charge in [-0.05, 0) is 42.3 Å². The first-order valence-corrected chi connectivity index (χ1v) is 8.39. The molecule has 2 aliphatic rings. The molecule has 2 aromatic carbocycles. The van der Waals surface area contributed by atoms with Crippen LogP contribution in [0.1, 0.15) is 30.1 Å². The number of hydrogen-bond acceptors (Lipinski definition) is 5. The van der Waals surface area contributed by atoms with Gasteiger partial charge in [-0.2, -0.15) is 0 Å². The molecule has 2 unspecified atom stereocenters. The SMILES string of the molecule is COc1ccc(C2Nc3cc4c(cc3N2)N(CCO)C(=O)C4C)cc1. The molecule has 25 heavy (non-hydrogen) atoms. The Morgan fingerprint density at radius 3 is 2.48 bits per heavy atom. The van der Waals surface area contributed by atoms with Crippen molar-refractivity contribution in [2.24, 2.45) is 0 Å². The van der Waals surface area contributed by atoms with Crippen LogP contribution < -0.4 is 20.3 Å². The van der Waals surface area contributed by atoms with E-state index in [1.54, 1.807) is 12.0 Å². The number of β-amino-alcohol motifs (C(OH)–C–C–N with tert-alkyl or cyclic N) is 1. The number of benzene rings is 2. The first-order chi connectivity index (χ1) is 12.1. The zero-order chi connectivity index (χ0) is 17.6. The van der Waals surface area contributed by atoms with Crippen molar-refractivity contribution >= 4 is 23.0 Å². The highest BCUT2D eigenvalue weighted by Crippen LogP contribution is 2.45. The Labute approximate surface area is 146 Å². The molecule has 0 radical (unpaired) electrons. The van der Waals surface area contributed by atoms with Gasteiger partial charge in [-0.25, -0.2) is 0 Å². The first kappa shape index (κ1) is 15.8. The van der Waals surface area contributed by atoms with Gasteiger partial charge in [0, 0.05) is 12.2 Å². The zero-order valence-electron chi connectivity index (χ0n) is 14.2. The average molecular weight is 339 g/mol. The molecule has 6 nitrogen and oxygen atoms in total. The van der Waals surface area contributed by atoms with Crippen molar-refractivity contribution < 1.29 is 14.6 Å². The lowest BCUT2D eigenvalue weighted by atomic mass is 10.0. The Balaban J connectivity index is 1.63. The molecule has 0 saturated heterocycles. The van der Waals surface area contributed by atoms with Gasteiger partial charge in [-0.3, -0.25) is 4.79 Å². The molecule has 0 spiro atoms. The Morgan fingerprint density at radius 1 is 1.16 bits per heavy atom. The number of amides is 1. The van der Waals surface area contributed by atoms with Gasteiger partial charge in [-0.15, -0.1) is 0 Å². The van der Waals surface area contributed by atoms with Gasteiger partial charge in [0.2, 0.25) is 5.91 Å². The van der Waals surface area contributed by atoms with Crippen molar-refractivity contribution in [1.82, 2.24) is 0 Å². The average Bonchev–Trinajstić information content (AvgIpc) is 3.15. The number of methoxy groups -OCH3 is 1. The number of aliphatic hydroxyl groups excluding tert-OH is 1. The zero-order valence-corrected chi connectivity index (χ0v) is 14.2. The monoisotopic (exact) mass is 339 g/mol. The third-order valence-corrected chi connectivity index (χ3v) is 4.93. The smallest absolute Gasteiger partial charge is 0.234 e. The van der Waals surface area contributed by atoms with E-state index in [-0.39, 0.29) is 24.6 Å². The molecule has 1 amide bonds. The highest BCUT2D eigenvalue weighted by Gasteiger charge is 2.36. The normalized spacial score (nSPS) is 20.8. The molecule has 0 aromatic heterocycles. The van der Waals surface area contributed by atoms with Crippen LogP contribution in [0.4, 0.5) is 17.1 Å². The summed E-state index contributed by atoms with van der Waals surface area (Å²) in [6.07, 6.45) is -0.0271. The fraction of sp³-hybridized carbons (Fsp3) is 0.316. The topological polar surface area (TPSA) is 73.8 Å². The van der Waals surface area contributed by atoms with Crippen LogP contribution in [0.25, 0.3) is 0 Å².